The van der Waals surface area contributed by atoms with E-state index in [1.165, 1.54) is 17.9 Å². The van der Waals surface area contributed by atoms with Crippen molar-refractivity contribution in [3.8, 4) is 0 Å². The molecule has 0 heterocycles. The van der Waals surface area contributed by atoms with E-state index >= 15 is 0 Å². The van der Waals surface area contributed by atoms with Gasteiger partial charge in [0.05, 0.1) is 0 Å². The molecule has 0 aromatic rings. The molecule has 0 N–H and O–H groups in total. The van der Waals surface area contributed by atoms with Crippen molar-refractivity contribution in [3.05, 3.63) is 6.58 Å². The van der Waals surface area contributed by atoms with Crippen LogP contribution in [0.3, 0.4) is 0 Å². The highest BCUT2D eigenvalue weighted by Crippen LogP contribution is 2.09. The van der Waals surface area contributed by atoms with Crippen LogP contribution in [-0.4, -0.2) is 16.5 Å². The van der Waals surface area contributed by atoms with E-state index in [0.717, 1.165) is 0 Å². The summed E-state index contributed by atoms with van der Waals surface area (Å²) in [7, 11) is 0.400. The molecule has 0 saturated carbocycles. The monoisotopic (exact) mass is 130 g/mol. The molecule has 0 fully saturated rings. The van der Waals surface area contributed by atoms with Crippen LogP contribution in [0.5, 0.6) is 0 Å². The highest BCUT2D eigenvalue weighted by Gasteiger charge is 1.84. The Morgan fingerprint density at radius 3 is 2.25 bits per heavy atom. The van der Waals surface area contributed by atoms with Crippen LogP contribution in [0.15, 0.2) is 6.58 Å². The van der Waals surface area contributed by atoms with Crippen molar-refractivity contribution >= 4 is 15.5 Å². The van der Waals surface area contributed by atoms with Crippen molar-refractivity contribution < 1.29 is 0 Å². The Labute approximate surface area is 54.5 Å². The highest BCUT2D eigenvalue weighted by atomic mass is 32.2. The molecule has 0 aromatic heterocycles. The number of hydrogen-bond donors (Lipinski definition) is 0. The summed E-state index contributed by atoms with van der Waals surface area (Å²) in [5.74, 6) is 2.50. The van der Waals surface area contributed by atoms with Gasteiger partial charge in [0.1, 0.15) is 0 Å². The van der Waals surface area contributed by atoms with Gasteiger partial charge >= 0.3 is 0 Å². The predicted octanol–water partition coefficient (Wildman–Crippen LogP) is 2.27. The molecule has 8 heavy (non-hydrogen) atoms. The molecule has 0 radical (unpaired) electrons. The van der Waals surface area contributed by atoms with Gasteiger partial charge in [0.15, 0.2) is 0 Å². The first-order valence-electron chi connectivity index (χ1n) is 3.05. The van der Waals surface area contributed by atoms with Crippen molar-refractivity contribution in [1.29, 1.82) is 0 Å². The first-order chi connectivity index (χ1) is 3.85. The predicted molar refractivity (Wildman–Crippen MR) is 43.9 cm³/mol. The standard InChI is InChI=1S/C7H14S/c1-4-7-8(5-2)6-3/h2,4,6-7H2,1,3H3. The highest BCUT2D eigenvalue weighted by molar-refractivity contribution is 8.14. The fraction of sp³-hybridized carbons (Fsp3) is 0.714. The van der Waals surface area contributed by atoms with E-state index in [1.807, 2.05) is 0 Å². The molecule has 0 aliphatic heterocycles. The molecular weight excluding hydrogens is 116 g/mol. The Hall–Kier alpha value is 0. The van der Waals surface area contributed by atoms with E-state index in [0.29, 0.717) is 10.5 Å². The van der Waals surface area contributed by atoms with Gasteiger partial charge in [-0.1, -0.05) is 25.4 Å². The van der Waals surface area contributed by atoms with E-state index in [9.17, 15) is 0 Å². The van der Waals surface area contributed by atoms with Crippen molar-refractivity contribution in [1.82, 2.24) is 0 Å². The first-order valence-corrected chi connectivity index (χ1v) is 4.61. The molecule has 0 nitrogen and oxygen atoms in total. The van der Waals surface area contributed by atoms with Crippen LogP contribution < -0.4 is 0 Å². The summed E-state index contributed by atoms with van der Waals surface area (Å²) in [5, 5.41) is 3.03. The van der Waals surface area contributed by atoms with Crippen molar-refractivity contribution in [3.63, 3.8) is 0 Å². The Morgan fingerprint density at radius 1 is 1.50 bits per heavy atom. The van der Waals surface area contributed by atoms with E-state index < -0.39 is 0 Å². The van der Waals surface area contributed by atoms with E-state index in [1.54, 1.807) is 0 Å². The second kappa shape index (κ2) is 5.14. The fourth-order valence-electron chi connectivity index (χ4n) is 0.565. The van der Waals surface area contributed by atoms with Crippen LogP contribution in [0.4, 0.5) is 0 Å². The molecule has 0 aliphatic carbocycles. The lowest BCUT2D eigenvalue weighted by atomic mass is 10.6. The minimum absolute atomic E-state index is 0.400. The van der Waals surface area contributed by atoms with Gasteiger partial charge < -0.3 is 0 Å². The molecule has 0 saturated heterocycles. The second-order valence-electron chi connectivity index (χ2n) is 1.63. The summed E-state index contributed by atoms with van der Waals surface area (Å²) in [4.78, 5) is 0. The van der Waals surface area contributed by atoms with Gasteiger partial charge in [0.25, 0.3) is 0 Å². The Bertz CT molecular complexity index is 99.0. The van der Waals surface area contributed by atoms with E-state index in [2.05, 4.69) is 25.4 Å². The van der Waals surface area contributed by atoms with Crippen molar-refractivity contribution in [2.45, 2.75) is 20.3 Å². The third kappa shape index (κ3) is 3.06. The maximum Gasteiger partial charge on any atom is -0.00506 e. The van der Waals surface area contributed by atoms with Crippen molar-refractivity contribution in [2.24, 2.45) is 0 Å². The number of hydrogen-bond acceptors (Lipinski definition) is 0. The lowest BCUT2D eigenvalue weighted by Crippen LogP contribution is -1.80. The maximum absolute atomic E-state index is 3.64. The van der Waals surface area contributed by atoms with Crippen LogP contribution in [0.1, 0.15) is 20.3 Å². The molecule has 0 bridgehead atoms. The molecule has 1 heteroatoms. The average Bonchev–Trinajstić information content (AvgIpc) is 1.83. The van der Waals surface area contributed by atoms with Crippen molar-refractivity contribution in [2.75, 3.05) is 11.5 Å². The van der Waals surface area contributed by atoms with Crippen LogP contribution in [0, 0.1) is 0 Å². The Morgan fingerprint density at radius 2 is 2.12 bits per heavy atom. The Kier molecular flexibility index (Phi) is 5.14. The summed E-state index contributed by atoms with van der Waals surface area (Å²) in [5.41, 5.74) is 0. The van der Waals surface area contributed by atoms with Gasteiger partial charge in [0.2, 0.25) is 0 Å². The average molecular weight is 130 g/mol. The molecule has 0 rings (SSSR count). The molecule has 1 atom stereocenters. The zero-order chi connectivity index (χ0) is 6.41. The summed E-state index contributed by atoms with van der Waals surface area (Å²) in [6, 6.07) is 0. The van der Waals surface area contributed by atoms with Gasteiger partial charge in [-0.15, -0.1) is 10.5 Å². The molecule has 0 aliphatic rings. The zero-order valence-electron chi connectivity index (χ0n) is 5.74. The number of rotatable bonds is 3. The summed E-state index contributed by atoms with van der Waals surface area (Å²) in [6.07, 6.45) is 1.26. The lowest BCUT2D eigenvalue weighted by Gasteiger charge is -1.96. The maximum atomic E-state index is 3.64. The topological polar surface area (TPSA) is 0 Å². The van der Waals surface area contributed by atoms with Gasteiger partial charge in [-0.2, -0.15) is 0 Å². The fourth-order valence-corrected chi connectivity index (χ4v) is 1.69. The molecule has 48 valence electrons. The minimum Gasteiger partial charge on any atom is -0.144 e. The van der Waals surface area contributed by atoms with Crippen LogP contribution in [0.25, 0.3) is 0 Å². The van der Waals surface area contributed by atoms with E-state index in [4.69, 9.17) is 0 Å². The third-order valence-corrected chi connectivity index (χ3v) is 3.01. The zero-order valence-corrected chi connectivity index (χ0v) is 6.55. The summed E-state index contributed by atoms with van der Waals surface area (Å²) < 4.78 is 0. The quantitative estimate of drug-likeness (QED) is 0.514. The molecule has 0 amide bonds. The van der Waals surface area contributed by atoms with E-state index in [-0.39, 0.29) is 0 Å². The second-order valence-corrected chi connectivity index (χ2v) is 3.89. The minimum atomic E-state index is 0.400. The van der Waals surface area contributed by atoms with Crippen LogP contribution >= 0.6 is 10.5 Å². The smallest absolute Gasteiger partial charge is 0.00506 e. The molecule has 1 unspecified atom stereocenters. The lowest BCUT2D eigenvalue weighted by molar-refractivity contribution is 1.10. The largest absolute Gasteiger partial charge is 0.144 e. The summed E-state index contributed by atoms with van der Waals surface area (Å²) >= 11 is 0. The van der Waals surface area contributed by atoms with Gasteiger partial charge in [-0.3, -0.25) is 0 Å². The van der Waals surface area contributed by atoms with Gasteiger partial charge in [-0.25, -0.2) is 0 Å². The molecule has 0 aromatic carbocycles. The van der Waals surface area contributed by atoms with Crippen LogP contribution in [-0.2, 0) is 0 Å². The van der Waals surface area contributed by atoms with Gasteiger partial charge in [-0.05, 0) is 17.9 Å². The molecule has 0 spiro atoms. The SMILES string of the molecule is C=C=S(CC)CCC. The van der Waals surface area contributed by atoms with Crippen LogP contribution in [0.2, 0.25) is 0 Å². The van der Waals surface area contributed by atoms with Gasteiger partial charge in [0, 0.05) is 0 Å². The summed E-state index contributed by atoms with van der Waals surface area (Å²) in [6.45, 7) is 8.03. The normalized spacial score (nSPS) is 12.8. The third-order valence-electron chi connectivity index (χ3n) is 1.00. The first kappa shape index (κ1) is 8.00. The Balaban J connectivity index is 3.55. The molecular formula is C7H14S.